The SMILES string of the molecule is COC(=O)c1ccc(Cn2ccc([C@]3(c4ccc(F)cc4)CCCO3)cc2=O)cc1. The number of nitrogens with zero attached hydrogens (tertiary/aromatic N) is 1. The van der Waals surface area contributed by atoms with Crippen molar-refractivity contribution in [3.63, 3.8) is 0 Å². The Morgan fingerprint density at radius 3 is 2.43 bits per heavy atom. The molecule has 0 radical (unpaired) electrons. The Morgan fingerprint density at radius 2 is 1.83 bits per heavy atom. The number of methoxy groups -OCH3 is 1. The second-order valence-electron chi connectivity index (χ2n) is 7.36. The van der Waals surface area contributed by atoms with E-state index in [1.807, 2.05) is 6.07 Å². The zero-order valence-electron chi connectivity index (χ0n) is 16.6. The van der Waals surface area contributed by atoms with Crippen molar-refractivity contribution in [2.75, 3.05) is 13.7 Å². The van der Waals surface area contributed by atoms with Crippen LogP contribution in [0.3, 0.4) is 0 Å². The van der Waals surface area contributed by atoms with Crippen LogP contribution in [0, 0.1) is 5.82 Å². The van der Waals surface area contributed by atoms with Crippen molar-refractivity contribution < 1.29 is 18.7 Å². The van der Waals surface area contributed by atoms with E-state index in [-0.39, 0.29) is 11.4 Å². The minimum absolute atomic E-state index is 0.151. The number of ether oxygens (including phenoxy) is 2. The van der Waals surface area contributed by atoms with E-state index >= 15 is 0 Å². The Morgan fingerprint density at radius 1 is 1.10 bits per heavy atom. The summed E-state index contributed by atoms with van der Waals surface area (Å²) in [5.74, 6) is -0.703. The van der Waals surface area contributed by atoms with Crippen molar-refractivity contribution >= 4 is 5.97 Å². The second kappa shape index (κ2) is 8.24. The standard InChI is InChI=1S/C24H22FNO4/c1-29-23(28)18-5-3-17(4-6-18)16-26-13-11-20(15-22(26)27)24(12-2-14-30-24)19-7-9-21(25)10-8-19/h3-11,13,15H,2,12,14,16H2,1H3/t24-/m1/s1. The molecule has 0 amide bonds. The van der Waals surface area contributed by atoms with E-state index in [1.165, 1.54) is 19.2 Å². The smallest absolute Gasteiger partial charge is 0.337 e. The molecular formula is C24H22FNO4. The fourth-order valence-electron chi connectivity index (χ4n) is 3.93. The lowest BCUT2D eigenvalue weighted by atomic mass is 9.84. The van der Waals surface area contributed by atoms with Gasteiger partial charge in [0.05, 0.1) is 19.2 Å². The first-order valence-electron chi connectivity index (χ1n) is 9.80. The normalized spacial score (nSPS) is 18.3. The zero-order valence-corrected chi connectivity index (χ0v) is 16.6. The van der Waals surface area contributed by atoms with E-state index in [0.29, 0.717) is 18.7 Å². The van der Waals surface area contributed by atoms with Crippen LogP contribution in [0.15, 0.2) is 71.7 Å². The molecule has 0 unspecified atom stereocenters. The molecule has 0 bridgehead atoms. The van der Waals surface area contributed by atoms with Crippen molar-refractivity contribution in [3.05, 3.63) is 105 Å². The molecule has 30 heavy (non-hydrogen) atoms. The van der Waals surface area contributed by atoms with Gasteiger partial charge in [0.1, 0.15) is 11.4 Å². The van der Waals surface area contributed by atoms with Crippen LogP contribution in [-0.2, 0) is 21.6 Å². The van der Waals surface area contributed by atoms with Crippen LogP contribution in [-0.4, -0.2) is 24.3 Å². The predicted octanol–water partition coefficient (Wildman–Crippen LogP) is 3.88. The van der Waals surface area contributed by atoms with Gasteiger partial charge in [-0.25, -0.2) is 9.18 Å². The van der Waals surface area contributed by atoms with Crippen molar-refractivity contribution in [2.45, 2.75) is 25.0 Å². The number of carbonyl (C=O) groups excluding carboxylic acids is 1. The molecule has 154 valence electrons. The molecule has 5 nitrogen and oxygen atoms in total. The molecular weight excluding hydrogens is 385 g/mol. The van der Waals surface area contributed by atoms with E-state index in [1.54, 1.807) is 53.2 Å². The number of hydrogen-bond donors (Lipinski definition) is 0. The maximum absolute atomic E-state index is 13.4. The van der Waals surface area contributed by atoms with Gasteiger partial charge in [-0.2, -0.15) is 0 Å². The van der Waals surface area contributed by atoms with Crippen molar-refractivity contribution in [2.24, 2.45) is 0 Å². The summed E-state index contributed by atoms with van der Waals surface area (Å²) in [7, 11) is 1.34. The Hall–Kier alpha value is -3.25. The maximum Gasteiger partial charge on any atom is 0.337 e. The minimum Gasteiger partial charge on any atom is -0.465 e. The topological polar surface area (TPSA) is 57.5 Å². The van der Waals surface area contributed by atoms with Crippen LogP contribution in [0.5, 0.6) is 0 Å². The first kappa shape index (κ1) is 20.0. The van der Waals surface area contributed by atoms with Crippen LogP contribution in [0.25, 0.3) is 0 Å². The van der Waals surface area contributed by atoms with Gasteiger partial charge in [0.25, 0.3) is 5.56 Å². The molecule has 6 heteroatoms. The molecule has 0 aliphatic carbocycles. The summed E-state index contributed by atoms with van der Waals surface area (Å²) < 4.78 is 25.8. The molecule has 2 heterocycles. The molecule has 1 saturated heterocycles. The highest BCUT2D eigenvalue weighted by Crippen LogP contribution is 2.41. The van der Waals surface area contributed by atoms with Gasteiger partial charge in [-0.15, -0.1) is 0 Å². The van der Waals surface area contributed by atoms with Gasteiger partial charge in [-0.3, -0.25) is 4.79 Å². The highest BCUT2D eigenvalue weighted by atomic mass is 19.1. The molecule has 1 aliphatic rings. The maximum atomic E-state index is 13.4. The first-order valence-corrected chi connectivity index (χ1v) is 9.80. The number of aromatic nitrogens is 1. The van der Waals surface area contributed by atoms with Gasteiger partial charge >= 0.3 is 5.97 Å². The van der Waals surface area contributed by atoms with E-state index in [0.717, 1.165) is 29.5 Å². The number of rotatable bonds is 5. The van der Waals surface area contributed by atoms with E-state index in [2.05, 4.69) is 0 Å². The molecule has 1 aromatic heterocycles. The summed E-state index contributed by atoms with van der Waals surface area (Å²) in [5, 5.41) is 0. The van der Waals surface area contributed by atoms with Crippen molar-refractivity contribution in [3.8, 4) is 0 Å². The summed E-state index contributed by atoms with van der Waals surface area (Å²) in [6.45, 7) is 0.970. The van der Waals surface area contributed by atoms with Gasteiger partial charge in [0.2, 0.25) is 0 Å². The largest absolute Gasteiger partial charge is 0.465 e. The van der Waals surface area contributed by atoms with Crippen LogP contribution in [0.1, 0.15) is 39.9 Å². The third-order valence-electron chi connectivity index (χ3n) is 5.52. The molecule has 3 aromatic rings. The molecule has 0 spiro atoms. The summed E-state index contributed by atoms with van der Waals surface area (Å²) in [6, 6.07) is 16.7. The Balaban J connectivity index is 1.61. The highest BCUT2D eigenvalue weighted by molar-refractivity contribution is 5.89. The fourth-order valence-corrected chi connectivity index (χ4v) is 3.93. The van der Waals surface area contributed by atoms with E-state index in [9.17, 15) is 14.0 Å². The van der Waals surface area contributed by atoms with Crippen LogP contribution < -0.4 is 5.56 Å². The van der Waals surface area contributed by atoms with E-state index < -0.39 is 11.6 Å². The van der Waals surface area contributed by atoms with Gasteiger partial charge in [-0.1, -0.05) is 24.3 Å². The lowest BCUT2D eigenvalue weighted by Gasteiger charge is -2.29. The number of benzene rings is 2. The number of carbonyl (C=O) groups is 1. The Bertz CT molecular complexity index is 1100. The third kappa shape index (κ3) is 3.78. The summed E-state index contributed by atoms with van der Waals surface area (Å²) >= 11 is 0. The molecule has 0 saturated carbocycles. The van der Waals surface area contributed by atoms with Gasteiger partial charge in [0, 0.05) is 18.9 Å². The number of hydrogen-bond acceptors (Lipinski definition) is 4. The average molecular weight is 407 g/mol. The fraction of sp³-hybridized carbons (Fsp3) is 0.250. The van der Waals surface area contributed by atoms with Gasteiger partial charge < -0.3 is 14.0 Å². The predicted molar refractivity (Wildman–Crippen MR) is 110 cm³/mol. The molecule has 1 atom stereocenters. The van der Waals surface area contributed by atoms with Gasteiger partial charge in [0.15, 0.2) is 0 Å². The average Bonchev–Trinajstić information content (AvgIpc) is 3.27. The highest BCUT2D eigenvalue weighted by Gasteiger charge is 2.39. The number of esters is 1. The summed E-state index contributed by atoms with van der Waals surface area (Å²) in [6.07, 6.45) is 3.35. The molecule has 1 fully saturated rings. The van der Waals surface area contributed by atoms with Crippen molar-refractivity contribution in [1.82, 2.24) is 4.57 Å². The quantitative estimate of drug-likeness (QED) is 0.603. The van der Waals surface area contributed by atoms with Crippen LogP contribution >= 0.6 is 0 Å². The number of halogens is 1. The molecule has 0 N–H and O–H groups in total. The summed E-state index contributed by atoms with van der Waals surface area (Å²) in [5.41, 5.74) is 2.09. The number of pyridine rings is 1. The summed E-state index contributed by atoms with van der Waals surface area (Å²) in [4.78, 5) is 24.4. The molecule has 1 aliphatic heterocycles. The Labute approximate surface area is 173 Å². The van der Waals surface area contributed by atoms with E-state index in [4.69, 9.17) is 9.47 Å². The monoisotopic (exact) mass is 407 g/mol. The zero-order chi connectivity index (χ0) is 21.1. The lowest BCUT2D eigenvalue weighted by Crippen LogP contribution is -2.30. The lowest BCUT2D eigenvalue weighted by molar-refractivity contribution is 0.0357. The van der Waals surface area contributed by atoms with Gasteiger partial charge in [-0.05, 0) is 59.9 Å². The Kier molecular flexibility index (Phi) is 5.50. The van der Waals surface area contributed by atoms with Crippen LogP contribution in [0.4, 0.5) is 4.39 Å². The van der Waals surface area contributed by atoms with Crippen molar-refractivity contribution in [1.29, 1.82) is 0 Å². The molecule has 4 rings (SSSR count). The van der Waals surface area contributed by atoms with Crippen LogP contribution in [0.2, 0.25) is 0 Å². The molecule has 2 aromatic carbocycles. The third-order valence-corrected chi connectivity index (χ3v) is 5.52. The minimum atomic E-state index is -0.728. The second-order valence-corrected chi connectivity index (χ2v) is 7.36. The first-order chi connectivity index (χ1) is 14.5.